The second kappa shape index (κ2) is 45.2. The number of nitrogens with two attached hydrogens (primary N) is 1. The zero-order chi connectivity index (χ0) is 43.2. The molecule has 0 saturated carbocycles. The number of esters is 2. The molecule has 0 aromatic heterocycles. The Bertz CT molecular complexity index is 1150. The molecule has 0 saturated heterocycles. The number of hydrogen-bond donors (Lipinski definition) is 2. The molecular formula is C49H88NO8P. The van der Waals surface area contributed by atoms with Crippen molar-refractivity contribution in [1.29, 1.82) is 0 Å². The summed E-state index contributed by atoms with van der Waals surface area (Å²) in [5, 5.41) is 0. The highest BCUT2D eigenvalue weighted by Gasteiger charge is 2.26. The molecule has 0 aliphatic carbocycles. The number of phosphoric ester groups is 1. The van der Waals surface area contributed by atoms with Gasteiger partial charge in [-0.05, 0) is 51.4 Å². The van der Waals surface area contributed by atoms with Crippen LogP contribution in [0.2, 0.25) is 0 Å². The molecule has 0 aromatic rings. The lowest BCUT2D eigenvalue weighted by Crippen LogP contribution is -2.29. The fraction of sp³-hybridized carbons (Fsp3) is 0.755. The van der Waals surface area contributed by atoms with E-state index in [0.29, 0.717) is 12.8 Å². The summed E-state index contributed by atoms with van der Waals surface area (Å²) in [5.74, 6) is -0.893. The maximum atomic E-state index is 12.6. The monoisotopic (exact) mass is 850 g/mol. The first kappa shape index (κ1) is 56.7. The Labute approximate surface area is 361 Å². The van der Waals surface area contributed by atoms with Crippen LogP contribution < -0.4 is 5.73 Å². The molecule has 0 aromatic carbocycles. The fourth-order valence-electron chi connectivity index (χ4n) is 6.44. The van der Waals surface area contributed by atoms with E-state index in [9.17, 15) is 19.0 Å². The van der Waals surface area contributed by atoms with Crippen LogP contribution in [0.3, 0.4) is 0 Å². The summed E-state index contributed by atoms with van der Waals surface area (Å²) in [6.07, 6.45) is 54.1. The third-order valence-corrected chi connectivity index (χ3v) is 10.9. The minimum Gasteiger partial charge on any atom is -0.462 e. The van der Waals surface area contributed by atoms with E-state index in [1.54, 1.807) is 0 Å². The summed E-state index contributed by atoms with van der Waals surface area (Å²) in [6.45, 7) is 3.57. The normalized spacial score (nSPS) is 13.8. The van der Waals surface area contributed by atoms with Crippen LogP contribution in [0.4, 0.5) is 0 Å². The summed E-state index contributed by atoms with van der Waals surface area (Å²) >= 11 is 0. The van der Waals surface area contributed by atoms with Gasteiger partial charge in [0.15, 0.2) is 6.10 Å². The van der Waals surface area contributed by atoms with Crippen LogP contribution in [0.1, 0.15) is 206 Å². The molecule has 2 atom stereocenters. The molecule has 0 fully saturated rings. The molecule has 10 heteroatoms. The van der Waals surface area contributed by atoms with Crippen molar-refractivity contribution < 1.29 is 37.6 Å². The molecule has 9 nitrogen and oxygen atoms in total. The SMILES string of the molecule is CC/C=C\C/C=C\C/C=C\C/C=C\C/C=C\CCCC(=O)OC[C@H](COP(=O)(O)OCCN)OC(=O)CCCCCCCCCCCCCCCCCCCCCCC. The molecule has 0 spiro atoms. The number of carbonyl (C=O) groups is 2. The third kappa shape index (κ3) is 45.1. The molecular weight excluding hydrogens is 762 g/mol. The Morgan fingerprint density at radius 3 is 1.37 bits per heavy atom. The Balaban J connectivity index is 4.14. The van der Waals surface area contributed by atoms with Gasteiger partial charge < -0.3 is 20.1 Å². The largest absolute Gasteiger partial charge is 0.472 e. The Morgan fingerprint density at radius 1 is 0.525 bits per heavy atom. The van der Waals surface area contributed by atoms with Crippen molar-refractivity contribution in [2.75, 3.05) is 26.4 Å². The minimum absolute atomic E-state index is 0.0447. The van der Waals surface area contributed by atoms with E-state index < -0.39 is 32.5 Å². The van der Waals surface area contributed by atoms with Gasteiger partial charge in [0.05, 0.1) is 13.2 Å². The number of phosphoric acid groups is 1. The topological polar surface area (TPSA) is 134 Å². The van der Waals surface area contributed by atoms with E-state index in [2.05, 4.69) is 68.5 Å². The fourth-order valence-corrected chi connectivity index (χ4v) is 7.20. The van der Waals surface area contributed by atoms with Crippen LogP contribution in [0.15, 0.2) is 60.8 Å². The first-order chi connectivity index (χ1) is 28.8. The van der Waals surface area contributed by atoms with E-state index in [1.807, 2.05) is 6.08 Å². The third-order valence-electron chi connectivity index (χ3n) is 9.92. The molecule has 0 aliphatic heterocycles. The standard InChI is InChI=1S/C49H88NO8P/c1-3-5-7-9-11-13-15-17-19-21-22-23-24-26-28-30-32-34-36-38-40-42-49(52)58-47(46-57-59(53,54)56-44-43-50)45-55-48(51)41-39-37-35-33-31-29-27-25-20-18-16-14-12-10-8-6-4-2/h6,8,12,14,18,20,27,29,33,35,47H,3-5,7,9-11,13,15-17,19,21-26,28,30-32,34,36-46,50H2,1-2H3,(H,53,54)/b8-6-,14-12-,20-18-,29-27-,35-33-/t47-/m1/s1. The lowest BCUT2D eigenvalue weighted by atomic mass is 10.0. The average molecular weight is 850 g/mol. The van der Waals surface area contributed by atoms with Crippen molar-refractivity contribution in [2.45, 2.75) is 213 Å². The molecule has 1 unspecified atom stereocenters. The second-order valence-corrected chi connectivity index (χ2v) is 17.1. The minimum atomic E-state index is -4.39. The van der Waals surface area contributed by atoms with Crippen molar-refractivity contribution in [2.24, 2.45) is 5.73 Å². The van der Waals surface area contributed by atoms with Crippen LogP contribution in [0.25, 0.3) is 0 Å². The Hall–Kier alpha value is -2.29. The van der Waals surface area contributed by atoms with Crippen molar-refractivity contribution in [3.63, 3.8) is 0 Å². The van der Waals surface area contributed by atoms with Gasteiger partial charge in [0.2, 0.25) is 0 Å². The highest BCUT2D eigenvalue weighted by atomic mass is 31.2. The van der Waals surface area contributed by atoms with Crippen molar-refractivity contribution in [3.05, 3.63) is 60.8 Å². The molecule has 0 amide bonds. The van der Waals surface area contributed by atoms with Crippen molar-refractivity contribution in [3.8, 4) is 0 Å². The molecule has 0 aliphatic rings. The van der Waals surface area contributed by atoms with E-state index in [-0.39, 0.29) is 32.6 Å². The van der Waals surface area contributed by atoms with Gasteiger partial charge in [-0.25, -0.2) is 4.57 Å². The molecule has 0 radical (unpaired) electrons. The first-order valence-corrected chi connectivity index (χ1v) is 25.3. The summed E-state index contributed by atoms with van der Waals surface area (Å²) in [5.41, 5.74) is 5.35. The number of unbranched alkanes of at least 4 members (excludes halogenated alkanes) is 21. The predicted octanol–water partition coefficient (Wildman–Crippen LogP) is 14.1. The molecule has 342 valence electrons. The number of allylic oxidation sites excluding steroid dienone is 10. The van der Waals surface area contributed by atoms with Gasteiger partial charge in [-0.15, -0.1) is 0 Å². The van der Waals surface area contributed by atoms with Gasteiger partial charge >= 0.3 is 19.8 Å². The summed E-state index contributed by atoms with van der Waals surface area (Å²) in [7, 11) is -4.39. The number of hydrogen-bond acceptors (Lipinski definition) is 8. The quantitative estimate of drug-likeness (QED) is 0.0266. The molecule has 0 rings (SSSR count). The van der Waals surface area contributed by atoms with Crippen molar-refractivity contribution >= 4 is 19.8 Å². The van der Waals surface area contributed by atoms with Gasteiger partial charge in [0.1, 0.15) is 6.61 Å². The maximum absolute atomic E-state index is 12.6. The van der Waals surface area contributed by atoms with Crippen LogP contribution in [-0.2, 0) is 32.7 Å². The number of carbonyl (C=O) groups excluding carboxylic acids is 2. The van der Waals surface area contributed by atoms with E-state index in [0.717, 1.165) is 57.8 Å². The van der Waals surface area contributed by atoms with E-state index in [1.165, 1.54) is 109 Å². The van der Waals surface area contributed by atoms with Gasteiger partial charge in [-0.1, -0.05) is 203 Å². The zero-order valence-electron chi connectivity index (χ0n) is 37.7. The van der Waals surface area contributed by atoms with E-state index in [4.69, 9.17) is 24.3 Å². The summed E-state index contributed by atoms with van der Waals surface area (Å²) < 4.78 is 32.8. The van der Waals surface area contributed by atoms with Crippen LogP contribution >= 0.6 is 7.82 Å². The van der Waals surface area contributed by atoms with Gasteiger partial charge in [-0.2, -0.15) is 0 Å². The predicted molar refractivity (Wildman–Crippen MR) is 247 cm³/mol. The summed E-state index contributed by atoms with van der Waals surface area (Å²) in [6, 6.07) is 0. The summed E-state index contributed by atoms with van der Waals surface area (Å²) in [4.78, 5) is 34.9. The van der Waals surface area contributed by atoms with E-state index >= 15 is 0 Å². The first-order valence-electron chi connectivity index (χ1n) is 23.8. The van der Waals surface area contributed by atoms with Gasteiger partial charge in [0, 0.05) is 19.4 Å². The molecule has 59 heavy (non-hydrogen) atoms. The highest BCUT2D eigenvalue weighted by molar-refractivity contribution is 7.47. The van der Waals surface area contributed by atoms with Gasteiger partial charge in [0.25, 0.3) is 0 Å². The average Bonchev–Trinajstić information content (AvgIpc) is 3.22. The lowest BCUT2D eigenvalue weighted by molar-refractivity contribution is -0.161. The lowest BCUT2D eigenvalue weighted by Gasteiger charge is -2.19. The Morgan fingerprint density at radius 2 is 0.932 bits per heavy atom. The van der Waals surface area contributed by atoms with Crippen LogP contribution in [-0.4, -0.2) is 49.3 Å². The second-order valence-electron chi connectivity index (χ2n) is 15.6. The number of ether oxygens (including phenoxy) is 2. The van der Waals surface area contributed by atoms with Crippen LogP contribution in [0, 0.1) is 0 Å². The van der Waals surface area contributed by atoms with Gasteiger partial charge in [-0.3, -0.25) is 18.6 Å². The maximum Gasteiger partial charge on any atom is 0.472 e. The Kier molecular flexibility index (Phi) is 43.5. The smallest absolute Gasteiger partial charge is 0.462 e. The van der Waals surface area contributed by atoms with Crippen molar-refractivity contribution in [1.82, 2.24) is 0 Å². The highest BCUT2D eigenvalue weighted by Crippen LogP contribution is 2.43. The zero-order valence-corrected chi connectivity index (χ0v) is 38.6. The number of rotatable bonds is 44. The molecule has 0 heterocycles. The van der Waals surface area contributed by atoms with Crippen LogP contribution in [0.5, 0.6) is 0 Å². The molecule has 0 bridgehead atoms. The molecule has 3 N–H and O–H groups in total.